The van der Waals surface area contributed by atoms with Crippen LogP contribution in [-0.2, 0) is 25.7 Å². The van der Waals surface area contributed by atoms with E-state index in [4.69, 9.17) is 0 Å². The Morgan fingerprint density at radius 2 is 0.969 bits per heavy atom. The minimum atomic E-state index is 1.01. The van der Waals surface area contributed by atoms with Crippen molar-refractivity contribution in [2.75, 3.05) is 4.90 Å². The first-order valence-electron chi connectivity index (χ1n) is 11.4. The molecule has 0 amide bonds. The summed E-state index contributed by atoms with van der Waals surface area (Å²) < 4.78 is 1.29. The van der Waals surface area contributed by atoms with Crippen LogP contribution in [0.5, 0.6) is 0 Å². The molecule has 0 N–H and O–H groups in total. The molecular weight excluding hydrogens is 454 g/mol. The molecule has 8 rings (SSSR count). The minimum absolute atomic E-state index is 1.01. The van der Waals surface area contributed by atoms with Crippen LogP contribution in [-0.4, -0.2) is 0 Å². The van der Waals surface area contributed by atoms with Crippen LogP contribution in [0, 0.1) is 13.8 Å². The quantitative estimate of drug-likeness (QED) is 0.283. The maximum Gasteiger partial charge on any atom is 0.0525 e. The van der Waals surface area contributed by atoms with E-state index in [0.717, 1.165) is 25.7 Å². The molecule has 4 bridgehead atoms. The third-order valence-corrected chi connectivity index (χ3v) is 7.89. The van der Waals surface area contributed by atoms with Crippen LogP contribution in [0.4, 0.5) is 17.1 Å². The molecule has 0 saturated heterocycles. The molecule has 4 aromatic rings. The summed E-state index contributed by atoms with van der Waals surface area (Å²) in [5, 5.41) is 0. The van der Waals surface area contributed by atoms with E-state index >= 15 is 0 Å². The topological polar surface area (TPSA) is 3.24 Å². The zero-order valence-corrected chi connectivity index (χ0v) is 20.3. The van der Waals surface area contributed by atoms with E-state index < -0.39 is 0 Å². The highest BCUT2D eigenvalue weighted by atomic mass is 79.9. The molecule has 160 valence electrons. The predicted molar refractivity (Wildman–Crippen MR) is 140 cm³/mol. The van der Waals surface area contributed by atoms with E-state index in [-0.39, 0.29) is 0 Å². The third kappa shape index (κ3) is 3.89. The lowest BCUT2D eigenvalue weighted by molar-refractivity contribution is 0.896. The monoisotopic (exact) mass is 481 g/mol. The molecule has 1 nitrogen and oxygen atoms in total. The fourth-order valence-electron chi connectivity index (χ4n) is 4.93. The second kappa shape index (κ2) is 8.96. The Kier molecular flexibility index (Phi) is 5.89. The Labute approximate surface area is 199 Å². The zero-order chi connectivity index (χ0) is 22.1. The highest BCUT2D eigenvalue weighted by Crippen LogP contribution is 2.41. The van der Waals surface area contributed by atoms with Crippen LogP contribution < -0.4 is 4.90 Å². The van der Waals surface area contributed by atoms with E-state index in [9.17, 15) is 0 Å². The molecule has 0 radical (unpaired) electrons. The van der Waals surface area contributed by atoms with Crippen molar-refractivity contribution < 1.29 is 0 Å². The normalized spacial score (nSPS) is 13.0. The number of hydrogen-bond acceptors (Lipinski definition) is 1. The van der Waals surface area contributed by atoms with E-state index in [1.165, 1.54) is 54.9 Å². The highest BCUT2D eigenvalue weighted by molar-refractivity contribution is 9.10. The number of benzene rings is 4. The fourth-order valence-corrected chi connectivity index (χ4v) is 5.51. The van der Waals surface area contributed by atoms with Crippen LogP contribution in [0.25, 0.3) is 0 Å². The van der Waals surface area contributed by atoms with Crippen molar-refractivity contribution >= 4 is 33.0 Å². The van der Waals surface area contributed by atoms with Crippen LogP contribution in [0.2, 0.25) is 0 Å². The van der Waals surface area contributed by atoms with Gasteiger partial charge in [-0.25, -0.2) is 0 Å². The fraction of sp³-hybridized carbons (Fsp3) is 0.200. The van der Waals surface area contributed by atoms with E-state index in [1.54, 1.807) is 0 Å². The van der Waals surface area contributed by atoms with Gasteiger partial charge in [0.2, 0.25) is 0 Å². The van der Waals surface area contributed by atoms with E-state index in [1.807, 2.05) is 0 Å². The van der Waals surface area contributed by atoms with E-state index in [0.29, 0.717) is 0 Å². The number of halogens is 1. The summed E-state index contributed by atoms with van der Waals surface area (Å²) in [6.45, 7) is 4.56. The highest BCUT2D eigenvalue weighted by Gasteiger charge is 2.21. The lowest BCUT2D eigenvalue weighted by atomic mass is 9.89. The van der Waals surface area contributed by atoms with Crippen LogP contribution in [0.15, 0.2) is 89.4 Å². The van der Waals surface area contributed by atoms with Crippen LogP contribution in [0.1, 0.15) is 33.4 Å². The molecule has 0 aliphatic heterocycles. The van der Waals surface area contributed by atoms with Gasteiger partial charge in [0.25, 0.3) is 0 Å². The standard InChI is InChI=1S/C30H28BrN/c1-21-23-13-17-25(29(21)31)18-14-24-16-20-26(19-15-23)30(22(24)2)32(27-9-5-3-6-10-27)28-11-7-4-8-12-28/h3-13,16-17,20H,14-15,18-19H2,1-2H3. The SMILES string of the molecule is Cc1c2ccc(c1Br)CCc1ccc(c(N(c3ccccc3)c3ccccc3)c1C)CC2. The second-order valence-electron chi connectivity index (χ2n) is 8.69. The Bertz CT molecular complexity index is 1210. The van der Waals surface area contributed by atoms with Gasteiger partial charge in [0.05, 0.1) is 5.69 Å². The molecule has 0 spiro atoms. The number of para-hydroxylation sites is 2. The summed E-state index contributed by atoms with van der Waals surface area (Å²) in [5.41, 5.74) is 12.2. The Morgan fingerprint density at radius 3 is 1.56 bits per heavy atom. The van der Waals surface area contributed by atoms with E-state index in [2.05, 4.69) is 120 Å². The first-order valence-corrected chi connectivity index (χ1v) is 12.2. The van der Waals surface area contributed by atoms with Gasteiger partial charge < -0.3 is 4.90 Å². The van der Waals surface area contributed by atoms with Gasteiger partial charge >= 0.3 is 0 Å². The molecule has 0 aromatic heterocycles. The smallest absolute Gasteiger partial charge is 0.0525 e. The van der Waals surface area contributed by atoms with Gasteiger partial charge in [0.15, 0.2) is 0 Å². The van der Waals surface area contributed by atoms with Crippen molar-refractivity contribution in [2.45, 2.75) is 39.5 Å². The second-order valence-corrected chi connectivity index (χ2v) is 9.48. The molecule has 0 unspecified atom stereocenters. The number of aryl methyl sites for hydroxylation is 4. The van der Waals surface area contributed by atoms with Gasteiger partial charge in [-0.15, -0.1) is 0 Å². The molecule has 32 heavy (non-hydrogen) atoms. The number of rotatable bonds is 3. The summed E-state index contributed by atoms with van der Waals surface area (Å²) >= 11 is 3.88. The molecule has 2 heteroatoms. The third-order valence-electron chi connectivity index (χ3n) is 6.79. The van der Waals surface area contributed by atoms with Crippen molar-refractivity contribution in [2.24, 2.45) is 0 Å². The summed E-state index contributed by atoms with van der Waals surface area (Å²) in [7, 11) is 0. The Morgan fingerprint density at radius 1 is 0.531 bits per heavy atom. The number of hydrogen-bond donors (Lipinski definition) is 0. The average Bonchev–Trinajstić information content (AvgIpc) is 2.82. The van der Waals surface area contributed by atoms with Crippen molar-refractivity contribution in [3.05, 3.63) is 123 Å². The average molecular weight is 482 g/mol. The summed E-state index contributed by atoms with van der Waals surface area (Å²) in [6.07, 6.45) is 4.12. The molecule has 4 aliphatic rings. The molecule has 0 fully saturated rings. The Balaban J connectivity index is 1.70. The molecule has 0 atom stereocenters. The molecule has 4 aliphatic carbocycles. The zero-order valence-electron chi connectivity index (χ0n) is 18.7. The molecule has 0 heterocycles. The van der Waals surface area contributed by atoms with Crippen molar-refractivity contribution in [3.8, 4) is 0 Å². The predicted octanol–water partition coefficient (Wildman–Crippen LogP) is 8.42. The van der Waals surface area contributed by atoms with Gasteiger partial charge in [-0.3, -0.25) is 0 Å². The van der Waals surface area contributed by atoms with Gasteiger partial charge in [-0.1, -0.05) is 76.6 Å². The number of nitrogens with zero attached hydrogens (tertiary/aromatic N) is 1. The van der Waals surface area contributed by atoms with Crippen LogP contribution >= 0.6 is 15.9 Å². The van der Waals surface area contributed by atoms with Gasteiger partial charge in [-0.2, -0.15) is 0 Å². The lowest BCUT2D eigenvalue weighted by Gasteiger charge is -2.31. The van der Waals surface area contributed by atoms with Crippen molar-refractivity contribution in [1.29, 1.82) is 0 Å². The van der Waals surface area contributed by atoms with Gasteiger partial charge in [-0.05, 0) is 97.2 Å². The number of anilines is 3. The van der Waals surface area contributed by atoms with Crippen molar-refractivity contribution in [3.63, 3.8) is 0 Å². The van der Waals surface area contributed by atoms with Gasteiger partial charge in [0, 0.05) is 15.8 Å². The maximum atomic E-state index is 3.88. The Hall–Kier alpha value is -2.84. The summed E-state index contributed by atoms with van der Waals surface area (Å²) in [4.78, 5) is 2.45. The molecule has 0 saturated carbocycles. The van der Waals surface area contributed by atoms with Gasteiger partial charge in [0.1, 0.15) is 0 Å². The minimum Gasteiger partial charge on any atom is -0.310 e. The molecular formula is C30H28BrN. The first kappa shape index (κ1) is 21.0. The summed E-state index contributed by atoms with van der Waals surface area (Å²) in [6, 6.07) is 30.9. The lowest BCUT2D eigenvalue weighted by Crippen LogP contribution is -2.16. The van der Waals surface area contributed by atoms with Crippen molar-refractivity contribution in [1.82, 2.24) is 0 Å². The maximum absolute atomic E-state index is 3.88. The van der Waals surface area contributed by atoms with Crippen LogP contribution in [0.3, 0.4) is 0 Å². The summed E-state index contributed by atoms with van der Waals surface area (Å²) in [5.74, 6) is 0. The largest absolute Gasteiger partial charge is 0.310 e. The first-order chi connectivity index (χ1) is 15.6. The molecule has 4 aromatic carbocycles.